The Labute approximate surface area is 305 Å². The van der Waals surface area contributed by atoms with Crippen LogP contribution in [0.3, 0.4) is 0 Å². The number of aliphatic carboxylic acids is 1. The maximum atomic E-state index is 13.0. The monoisotopic (exact) mass is 747 g/mol. The van der Waals surface area contributed by atoms with Crippen molar-refractivity contribution in [3.8, 4) is 5.75 Å². The molecule has 0 unspecified atom stereocenters. The lowest BCUT2D eigenvalue weighted by Gasteiger charge is -2.28. The molecule has 1 aliphatic rings. The lowest BCUT2D eigenvalue weighted by atomic mass is 9.99. The lowest BCUT2D eigenvalue weighted by molar-refractivity contribution is -0.141. The van der Waals surface area contributed by atoms with E-state index >= 15 is 0 Å². The molecule has 1 aromatic carbocycles. The van der Waals surface area contributed by atoms with E-state index in [0.29, 0.717) is 24.8 Å². The summed E-state index contributed by atoms with van der Waals surface area (Å²) < 4.78 is 0. The molecule has 1 aliphatic heterocycles. The molecular weight excluding hydrogens is 698 g/mol. The first-order chi connectivity index (χ1) is 24.9. The summed E-state index contributed by atoms with van der Waals surface area (Å²) >= 11 is 0. The number of likely N-dealkylation sites (tertiary alicyclic amines) is 1. The molecular formula is C33H49N9O11. The molecule has 1 saturated heterocycles. The minimum absolute atomic E-state index is 0.0304. The number of carboxylic acid groups (broad SMARTS) is 1. The maximum absolute atomic E-state index is 13.0. The summed E-state index contributed by atoms with van der Waals surface area (Å²) in [5, 5.41) is 32.7. The van der Waals surface area contributed by atoms with Gasteiger partial charge in [-0.25, -0.2) is 4.79 Å². The summed E-state index contributed by atoms with van der Waals surface area (Å²) in [5.41, 5.74) is 11.6. The number of amides is 8. The summed E-state index contributed by atoms with van der Waals surface area (Å²) in [5.74, 6) is -7.68. The Bertz CT molecular complexity index is 1520. The Morgan fingerprint density at radius 3 is 2.00 bits per heavy atom. The van der Waals surface area contributed by atoms with Crippen molar-refractivity contribution in [1.29, 1.82) is 0 Å². The second-order valence-electron chi connectivity index (χ2n) is 12.7. The molecule has 1 heterocycles. The highest BCUT2D eigenvalue weighted by Gasteiger charge is 2.37. The van der Waals surface area contributed by atoms with Crippen molar-refractivity contribution in [2.45, 2.75) is 83.1 Å². The van der Waals surface area contributed by atoms with Crippen molar-refractivity contribution < 1.29 is 53.4 Å². The third-order valence-electron chi connectivity index (χ3n) is 8.49. The van der Waals surface area contributed by atoms with E-state index in [2.05, 4.69) is 31.9 Å². The third kappa shape index (κ3) is 14.4. The van der Waals surface area contributed by atoms with Crippen molar-refractivity contribution in [2.24, 2.45) is 17.4 Å². The van der Waals surface area contributed by atoms with Crippen LogP contribution in [0, 0.1) is 5.92 Å². The van der Waals surface area contributed by atoms with Gasteiger partial charge in [-0.15, -0.1) is 0 Å². The maximum Gasteiger partial charge on any atom is 0.326 e. The average molecular weight is 748 g/mol. The molecule has 20 heteroatoms. The fourth-order valence-electron chi connectivity index (χ4n) is 5.22. The van der Waals surface area contributed by atoms with Gasteiger partial charge in [-0.1, -0.05) is 32.4 Å². The summed E-state index contributed by atoms with van der Waals surface area (Å²) in [6.07, 6.45) is 0.699. The number of primary amides is 1. The van der Waals surface area contributed by atoms with Gasteiger partial charge in [0.1, 0.15) is 29.9 Å². The predicted octanol–water partition coefficient (Wildman–Crippen LogP) is -3.92. The number of phenolic OH excluding ortho intramolecular Hbond substituents is 1. The van der Waals surface area contributed by atoms with Crippen LogP contribution < -0.4 is 43.4 Å². The molecule has 0 bridgehead atoms. The summed E-state index contributed by atoms with van der Waals surface area (Å²) in [7, 11) is 0. The molecule has 2 rings (SSSR count). The van der Waals surface area contributed by atoms with Gasteiger partial charge in [0.2, 0.25) is 47.3 Å². The molecule has 12 N–H and O–H groups in total. The molecule has 1 fully saturated rings. The van der Waals surface area contributed by atoms with Crippen LogP contribution >= 0.6 is 0 Å². The van der Waals surface area contributed by atoms with Crippen LogP contribution in [-0.4, -0.2) is 125 Å². The smallest absolute Gasteiger partial charge is 0.326 e. The fraction of sp³-hybridized carbons (Fsp3) is 0.545. The Morgan fingerprint density at radius 2 is 1.42 bits per heavy atom. The molecule has 8 amide bonds. The number of rotatable bonds is 20. The number of hydrogen-bond acceptors (Lipinski definition) is 11. The van der Waals surface area contributed by atoms with Crippen LogP contribution in [0.15, 0.2) is 24.3 Å². The van der Waals surface area contributed by atoms with Gasteiger partial charge in [0.15, 0.2) is 0 Å². The Morgan fingerprint density at radius 1 is 0.830 bits per heavy atom. The Hall–Kier alpha value is -5.79. The van der Waals surface area contributed by atoms with E-state index in [1.165, 1.54) is 36.1 Å². The van der Waals surface area contributed by atoms with Crippen LogP contribution in [-0.2, 0) is 49.6 Å². The number of aromatic hydroxyl groups is 1. The van der Waals surface area contributed by atoms with Crippen LogP contribution in [0.25, 0.3) is 0 Å². The lowest BCUT2D eigenvalue weighted by Crippen LogP contribution is -2.56. The van der Waals surface area contributed by atoms with Gasteiger partial charge in [0.25, 0.3) is 0 Å². The van der Waals surface area contributed by atoms with Crippen molar-refractivity contribution in [1.82, 2.24) is 36.8 Å². The van der Waals surface area contributed by atoms with E-state index in [1.807, 2.05) is 13.8 Å². The van der Waals surface area contributed by atoms with E-state index in [0.717, 1.165) is 0 Å². The number of benzene rings is 1. The normalized spacial score (nSPS) is 16.5. The van der Waals surface area contributed by atoms with E-state index in [4.69, 9.17) is 11.5 Å². The standard InChI is InChI=1S/C33H49N9O11/c1-4-17(2)28(35)31(50)39-18(3)32(51)42-11-5-6-23(42)30(49)38-14-25(45)36-15-26(46)40-21(13-24(34)44)29(48)37-16-27(47)41-22(33(52)53)12-19-7-9-20(43)10-8-19/h7-10,17-18,21-23,28,43H,4-6,11-16,35H2,1-3H3,(H2,34,44)(H,36,45)(H,37,48)(H,38,49)(H,39,50)(H,40,46)(H,41,47)(H,52,53)/t17-,18-,21-,22-,23-,28-/m0/s1. The molecule has 0 aromatic heterocycles. The number of nitrogens with zero attached hydrogens (tertiary/aromatic N) is 1. The van der Waals surface area contributed by atoms with Gasteiger partial charge >= 0.3 is 5.97 Å². The molecule has 0 radical (unpaired) electrons. The zero-order valence-corrected chi connectivity index (χ0v) is 29.8. The van der Waals surface area contributed by atoms with E-state index in [9.17, 15) is 53.4 Å². The number of carbonyl (C=O) groups excluding carboxylic acids is 8. The number of nitrogens with two attached hydrogens (primary N) is 2. The second-order valence-corrected chi connectivity index (χ2v) is 12.7. The number of carbonyl (C=O) groups is 9. The van der Waals surface area contributed by atoms with E-state index in [-0.39, 0.29) is 24.6 Å². The van der Waals surface area contributed by atoms with Crippen molar-refractivity contribution in [3.63, 3.8) is 0 Å². The molecule has 6 atom stereocenters. The highest BCUT2D eigenvalue weighted by Crippen LogP contribution is 2.19. The van der Waals surface area contributed by atoms with Crippen LogP contribution in [0.5, 0.6) is 5.75 Å². The SMILES string of the molecule is CC[C@H](C)[C@H](N)C(=O)N[C@@H](C)C(=O)N1CCC[C@H]1C(=O)NCC(=O)NCC(=O)N[C@@H](CC(N)=O)C(=O)NCC(=O)N[C@@H](Cc1ccc(O)cc1)C(=O)O. The zero-order chi connectivity index (χ0) is 39.8. The van der Waals surface area contributed by atoms with Crippen molar-refractivity contribution in [3.05, 3.63) is 29.8 Å². The zero-order valence-electron chi connectivity index (χ0n) is 29.8. The first-order valence-electron chi connectivity index (χ1n) is 17.0. The Balaban J connectivity index is 1.83. The second kappa shape index (κ2) is 20.9. The number of phenols is 1. The number of hydrogen-bond donors (Lipinski definition) is 10. The van der Waals surface area contributed by atoms with Crippen LogP contribution in [0.4, 0.5) is 0 Å². The predicted molar refractivity (Wildman–Crippen MR) is 186 cm³/mol. The third-order valence-corrected chi connectivity index (χ3v) is 8.49. The summed E-state index contributed by atoms with van der Waals surface area (Å²) in [6.45, 7) is 3.49. The first-order valence-corrected chi connectivity index (χ1v) is 17.0. The summed E-state index contributed by atoms with van der Waals surface area (Å²) in [4.78, 5) is 113. The molecule has 0 spiro atoms. The van der Waals surface area contributed by atoms with Gasteiger partial charge in [-0.2, -0.15) is 0 Å². The molecule has 0 saturated carbocycles. The molecule has 20 nitrogen and oxygen atoms in total. The Kier molecular flexibility index (Phi) is 17.1. The molecule has 1 aromatic rings. The topological polar surface area (TPSA) is 322 Å². The van der Waals surface area contributed by atoms with Crippen molar-refractivity contribution in [2.75, 3.05) is 26.2 Å². The van der Waals surface area contributed by atoms with Gasteiger partial charge < -0.3 is 58.5 Å². The summed E-state index contributed by atoms with van der Waals surface area (Å²) in [6, 6.07) is 0.0660. The highest BCUT2D eigenvalue weighted by molar-refractivity contribution is 5.96. The molecule has 292 valence electrons. The quantitative estimate of drug-likeness (QED) is 0.0612. The van der Waals surface area contributed by atoms with Gasteiger partial charge in [0.05, 0.1) is 32.1 Å². The van der Waals surface area contributed by atoms with E-state index in [1.54, 1.807) is 0 Å². The van der Waals surface area contributed by atoms with Crippen LogP contribution in [0.1, 0.15) is 52.0 Å². The van der Waals surface area contributed by atoms with Crippen molar-refractivity contribution >= 4 is 53.2 Å². The first kappa shape index (κ1) is 43.4. The fourth-order valence-corrected chi connectivity index (χ4v) is 5.22. The highest BCUT2D eigenvalue weighted by atomic mass is 16.4. The number of nitrogens with one attached hydrogen (secondary N) is 6. The molecule has 0 aliphatic carbocycles. The van der Waals surface area contributed by atoms with E-state index < -0.39 is 109 Å². The average Bonchev–Trinajstić information content (AvgIpc) is 3.61. The van der Waals surface area contributed by atoms with Gasteiger partial charge in [-0.3, -0.25) is 38.4 Å². The minimum atomic E-state index is -1.56. The van der Waals surface area contributed by atoms with Gasteiger partial charge in [-0.05, 0) is 43.4 Å². The largest absolute Gasteiger partial charge is 0.508 e. The minimum Gasteiger partial charge on any atom is -0.508 e. The molecule has 53 heavy (non-hydrogen) atoms. The van der Waals surface area contributed by atoms with Crippen LogP contribution in [0.2, 0.25) is 0 Å². The number of carboxylic acids is 1. The van der Waals surface area contributed by atoms with Gasteiger partial charge in [0, 0.05) is 13.0 Å².